The molecule has 0 amide bonds. The summed E-state index contributed by atoms with van der Waals surface area (Å²) >= 11 is 1.88. The van der Waals surface area contributed by atoms with E-state index in [-0.39, 0.29) is 0 Å². The molecule has 0 unspecified atom stereocenters. The van der Waals surface area contributed by atoms with Gasteiger partial charge in [0.1, 0.15) is 0 Å². The van der Waals surface area contributed by atoms with Crippen molar-refractivity contribution in [3.05, 3.63) is 11.5 Å². The zero-order valence-corrected chi connectivity index (χ0v) is 6.23. The van der Waals surface area contributed by atoms with Crippen molar-refractivity contribution >= 4 is 11.9 Å². The van der Waals surface area contributed by atoms with Crippen LogP contribution in [0.25, 0.3) is 0 Å². The van der Waals surface area contributed by atoms with Crippen molar-refractivity contribution in [1.29, 1.82) is 0 Å². The molecule has 1 aliphatic heterocycles. The normalized spacial score (nSPS) is 28.9. The smallest absolute Gasteiger partial charge is 0.0285 e. The molecule has 50 valence electrons. The highest BCUT2D eigenvalue weighted by Crippen LogP contribution is 2.32. The Morgan fingerprint density at radius 3 is 2.78 bits per heavy atom. The summed E-state index contributed by atoms with van der Waals surface area (Å²) < 4.78 is 2.48. The van der Waals surface area contributed by atoms with Gasteiger partial charge >= 0.3 is 0 Å². The van der Waals surface area contributed by atoms with Gasteiger partial charge in [0.25, 0.3) is 0 Å². The molecule has 2 heteroatoms. The molecule has 9 heavy (non-hydrogen) atoms. The van der Waals surface area contributed by atoms with Crippen molar-refractivity contribution in [3.63, 3.8) is 0 Å². The molecule has 1 aliphatic carbocycles. The van der Waals surface area contributed by atoms with Crippen molar-refractivity contribution in [3.8, 4) is 0 Å². The monoisotopic (exact) mass is 141 g/mol. The molecule has 2 aliphatic rings. The van der Waals surface area contributed by atoms with Crippen molar-refractivity contribution in [2.45, 2.75) is 25.3 Å². The third-order valence-electron chi connectivity index (χ3n) is 2.06. The fourth-order valence-electron chi connectivity index (χ4n) is 1.22. The molecule has 0 N–H and O–H groups in total. The molecular weight excluding hydrogens is 130 g/mol. The van der Waals surface area contributed by atoms with E-state index in [1.54, 1.807) is 0 Å². The van der Waals surface area contributed by atoms with Crippen LogP contribution in [-0.4, -0.2) is 16.9 Å². The van der Waals surface area contributed by atoms with Gasteiger partial charge in [-0.25, -0.2) is 4.31 Å². The van der Waals surface area contributed by atoms with Gasteiger partial charge in [0.05, 0.1) is 0 Å². The number of hydrogen-bond donors (Lipinski definition) is 0. The summed E-state index contributed by atoms with van der Waals surface area (Å²) in [5, 5.41) is 2.19. The van der Waals surface area contributed by atoms with E-state index in [1.165, 1.54) is 25.8 Å². The van der Waals surface area contributed by atoms with Crippen LogP contribution >= 0.6 is 11.9 Å². The minimum Gasteiger partial charge on any atom is -0.240 e. The third kappa shape index (κ3) is 1.01. The average molecular weight is 141 g/mol. The van der Waals surface area contributed by atoms with Crippen LogP contribution in [0.5, 0.6) is 0 Å². The minimum absolute atomic E-state index is 0.907. The van der Waals surface area contributed by atoms with Crippen molar-refractivity contribution in [2.75, 3.05) is 6.54 Å². The van der Waals surface area contributed by atoms with Crippen LogP contribution in [0.2, 0.25) is 0 Å². The summed E-state index contributed by atoms with van der Waals surface area (Å²) in [7, 11) is 0. The molecule has 1 fully saturated rings. The standard InChI is InChI=1S/C7H11NS/c1-3-7(4-1)8-5-2-6-9-8/h2,6-7H,1,3-5H2. The van der Waals surface area contributed by atoms with Crippen molar-refractivity contribution < 1.29 is 0 Å². The summed E-state index contributed by atoms with van der Waals surface area (Å²) in [6.07, 6.45) is 6.54. The van der Waals surface area contributed by atoms with Crippen LogP contribution < -0.4 is 0 Å². The largest absolute Gasteiger partial charge is 0.240 e. The molecule has 0 radical (unpaired) electrons. The highest BCUT2D eigenvalue weighted by Gasteiger charge is 2.25. The predicted octanol–water partition coefficient (Wildman–Crippen LogP) is 2.02. The van der Waals surface area contributed by atoms with Gasteiger partial charge in [0.2, 0.25) is 0 Å². The Kier molecular flexibility index (Phi) is 1.52. The molecule has 0 saturated heterocycles. The molecule has 0 spiro atoms. The highest BCUT2D eigenvalue weighted by atomic mass is 32.2. The van der Waals surface area contributed by atoms with E-state index in [0.29, 0.717) is 0 Å². The second-order valence-corrected chi connectivity index (χ2v) is 3.61. The Hall–Kier alpha value is 0.0500. The summed E-state index contributed by atoms with van der Waals surface area (Å²) in [5.74, 6) is 0. The first kappa shape index (κ1) is 5.81. The van der Waals surface area contributed by atoms with E-state index in [1.807, 2.05) is 11.9 Å². The predicted molar refractivity (Wildman–Crippen MR) is 41.1 cm³/mol. The summed E-state index contributed by atoms with van der Waals surface area (Å²) in [4.78, 5) is 0. The van der Waals surface area contributed by atoms with Crippen LogP contribution in [0.15, 0.2) is 11.5 Å². The third-order valence-corrected chi connectivity index (χ3v) is 3.09. The fourth-order valence-corrected chi connectivity index (χ4v) is 2.10. The fraction of sp³-hybridized carbons (Fsp3) is 0.714. The van der Waals surface area contributed by atoms with Crippen LogP contribution in [0, 0.1) is 0 Å². The first-order chi connectivity index (χ1) is 4.47. The lowest BCUT2D eigenvalue weighted by Gasteiger charge is -2.32. The Labute approximate surface area is 60.2 Å². The van der Waals surface area contributed by atoms with Gasteiger partial charge in [0.15, 0.2) is 0 Å². The van der Waals surface area contributed by atoms with Gasteiger partial charge in [0, 0.05) is 12.6 Å². The second kappa shape index (κ2) is 2.35. The van der Waals surface area contributed by atoms with E-state index >= 15 is 0 Å². The summed E-state index contributed by atoms with van der Waals surface area (Å²) in [6.45, 7) is 1.18. The Bertz CT molecular complexity index is 121. The maximum absolute atomic E-state index is 2.48. The first-order valence-corrected chi connectivity index (χ1v) is 4.39. The molecule has 0 aromatic carbocycles. The topological polar surface area (TPSA) is 3.24 Å². The van der Waals surface area contributed by atoms with Crippen LogP contribution in [0.3, 0.4) is 0 Å². The van der Waals surface area contributed by atoms with E-state index in [4.69, 9.17) is 0 Å². The molecule has 0 atom stereocenters. The molecule has 0 aromatic rings. The van der Waals surface area contributed by atoms with E-state index < -0.39 is 0 Å². The molecule has 1 saturated carbocycles. The number of rotatable bonds is 1. The Morgan fingerprint density at radius 1 is 1.44 bits per heavy atom. The van der Waals surface area contributed by atoms with Gasteiger partial charge in [-0.2, -0.15) is 0 Å². The maximum atomic E-state index is 2.48. The van der Waals surface area contributed by atoms with E-state index in [9.17, 15) is 0 Å². The molecule has 1 heterocycles. The molecule has 1 nitrogen and oxygen atoms in total. The Morgan fingerprint density at radius 2 is 2.33 bits per heavy atom. The summed E-state index contributed by atoms with van der Waals surface area (Å²) in [5.41, 5.74) is 0. The van der Waals surface area contributed by atoms with Crippen molar-refractivity contribution in [1.82, 2.24) is 4.31 Å². The van der Waals surface area contributed by atoms with Crippen LogP contribution in [-0.2, 0) is 0 Å². The van der Waals surface area contributed by atoms with Crippen LogP contribution in [0.1, 0.15) is 19.3 Å². The summed E-state index contributed by atoms with van der Waals surface area (Å²) in [6, 6.07) is 0.907. The van der Waals surface area contributed by atoms with Gasteiger partial charge in [-0.05, 0) is 30.2 Å². The zero-order valence-electron chi connectivity index (χ0n) is 5.42. The van der Waals surface area contributed by atoms with Gasteiger partial charge in [-0.1, -0.05) is 12.5 Å². The molecular formula is C7H11NS. The number of nitrogens with zero attached hydrogens (tertiary/aromatic N) is 1. The zero-order chi connectivity index (χ0) is 6.10. The van der Waals surface area contributed by atoms with Crippen LogP contribution in [0.4, 0.5) is 0 Å². The van der Waals surface area contributed by atoms with Gasteiger partial charge < -0.3 is 0 Å². The maximum Gasteiger partial charge on any atom is 0.0285 e. The second-order valence-electron chi connectivity index (χ2n) is 2.66. The Balaban J connectivity index is 1.85. The number of hydrogen-bond acceptors (Lipinski definition) is 2. The van der Waals surface area contributed by atoms with Crippen molar-refractivity contribution in [2.24, 2.45) is 0 Å². The van der Waals surface area contributed by atoms with E-state index in [2.05, 4.69) is 15.8 Å². The minimum atomic E-state index is 0.907. The molecule has 0 bridgehead atoms. The lowest BCUT2D eigenvalue weighted by Crippen LogP contribution is -2.33. The van der Waals surface area contributed by atoms with Gasteiger partial charge in [-0.15, -0.1) is 0 Å². The molecule has 2 rings (SSSR count). The van der Waals surface area contributed by atoms with Gasteiger partial charge in [-0.3, -0.25) is 0 Å². The van der Waals surface area contributed by atoms with E-state index in [0.717, 1.165) is 6.04 Å². The molecule has 0 aromatic heterocycles. The SMILES string of the molecule is C1=CSN(C2CCC2)C1. The quantitative estimate of drug-likeness (QED) is 0.514. The highest BCUT2D eigenvalue weighted by molar-refractivity contribution is 8.00. The lowest BCUT2D eigenvalue weighted by molar-refractivity contribution is 0.255. The first-order valence-electron chi connectivity index (χ1n) is 3.55. The lowest BCUT2D eigenvalue weighted by atomic mass is 9.93. The average Bonchev–Trinajstić information content (AvgIpc) is 2.11.